The molecule has 5 heteroatoms. The molecule has 0 aromatic carbocycles. The minimum Gasteiger partial charge on any atom is -0.314 e. The zero-order valence-corrected chi connectivity index (χ0v) is 14.1. The van der Waals surface area contributed by atoms with Gasteiger partial charge in [-0.15, -0.1) is 0 Å². The Bertz CT molecular complexity index is 439. The number of hydrogen-bond donors (Lipinski definition) is 1. The maximum Gasteiger partial charge on any atom is 0.150 e. The van der Waals surface area contributed by atoms with E-state index >= 15 is 0 Å². The molecule has 1 N–H and O–H groups in total. The van der Waals surface area contributed by atoms with Gasteiger partial charge in [0.15, 0.2) is 0 Å². The summed E-state index contributed by atoms with van der Waals surface area (Å²) in [6.07, 6.45) is 10.7. The van der Waals surface area contributed by atoms with Crippen LogP contribution < -0.4 is 5.32 Å². The van der Waals surface area contributed by atoms with Crippen molar-refractivity contribution in [1.29, 1.82) is 0 Å². The standard InChI is InChI=1S/C16H30N2O2S/c1-21(19,20)16-4-2-3-15(11-16)18-9-7-14(8-10-18)17-12-13-5-6-13/h13-17H,2-12H2,1H3. The SMILES string of the molecule is CS(=O)(=O)C1CCCC(N2CCC(NCC3CC3)CC2)C1. The second kappa shape index (κ2) is 6.55. The van der Waals surface area contributed by atoms with Crippen LogP contribution in [0.25, 0.3) is 0 Å². The normalized spacial score (nSPS) is 33.2. The van der Waals surface area contributed by atoms with E-state index in [1.165, 1.54) is 44.9 Å². The summed E-state index contributed by atoms with van der Waals surface area (Å²) in [5.74, 6) is 0.955. The van der Waals surface area contributed by atoms with Crippen LogP contribution in [0.1, 0.15) is 51.4 Å². The molecule has 2 aliphatic carbocycles. The van der Waals surface area contributed by atoms with Gasteiger partial charge in [-0.3, -0.25) is 0 Å². The lowest BCUT2D eigenvalue weighted by Gasteiger charge is -2.41. The molecule has 4 nitrogen and oxygen atoms in total. The van der Waals surface area contributed by atoms with Crippen LogP contribution in [0.2, 0.25) is 0 Å². The van der Waals surface area contributed by atoms with Crippen molar-refractivity contribution in [2.75, 3.05) is 25.9 Å². The number of nitrogens with zero attached hydrogens (tertiary/aromatic N) is 1. The average Bonchev–Trinajstić information content (AvgIpc) is 3.29. The molecule has 0 amide bonds. The molecule has 21 heavy (non-hydrogen) atoms. The molecule has 0 bridgehead atoms. The van der Waals surface area contributed by atoms with Gasteiger partial charge < -0.3 is 10.2 Å². The smallest absolute Gasteiger partial charge is 0.150 e. The van der Waals surface area contributed by atoms with Crippen LogP contribution in [0, 0.1) is 5.92 Å². The first-order chi connectivity index (χ1) is 10.0. The Hall–Kier alpha value is -0.130. The first-order valence-corrected chi connectivity index (χ1v) is 10.6. The average molecular weight is 314 g/mol. The predicted octanol–water partition coefficient (Wildman–Crippen LogP) is 1.81. The molecule has 2 atom stereocenters. The van der Waals surface area contributed by atoms with E-state index in [9.17, 15) is 8.42 Å². The molecular weight excluding hydrogens is 284 g/mol. The van der Waals surface area contributed by atoms with Gasteiger partial charge in [-0.2, -0.15) is 0 Å². The fourth-order valence-corrected chi connectivity index (χ4v) is 5.13. The number of sulfone groups is 1. The number of likely N-dealkylation sites (tertiary alicyclic amines) is 1. The van der Waals surface area contributed by atoms with E-state index in [2.05, 4.69) is 10.2 Å². The highest BCUT2D eigenvalue weighted by Gasteiger charge is 2.33. The van der Waals surface area contributed by atoms with Gasteiger partial charge in [0, 0.05) is 18.3 Å². The molecule has 0 aromatic rings. The molecule has 1 aliphatic heterocycles. The molecule has 3 aliphatic rings. The zero-order chi connectivity index (χ0) is 14.9. The number of nitrogens with one attached hydrogen (secondary N) is 1. The minimum absolute atomic E-state index is 0.0954. The van der Waals surface area contributed by atoms with E-state index in [0.29, 0.717) is 12.1 Å². The van der Waals surface area contributed by atoms with Crippen LogP contribution in [0.5, 0.6) is 0 Å². The van der Waals surface area contributed by atoms with Crippen LogP contribution in [-0.2, 0) is 9.84 Å². The molecule has 3 rings (SSSR count). The van der Waals surface area contributed by atoms with Crippen molar-refractivity contribution in [3.05, 3.63) is 0 Å². The first-order valence-electron chi connectivity index (χ1n) is 8.68. The Morgan fingerprint density at radius 3 is 2.38 bits per heavy atom. The van der Waals surface area contributed by atoms with Gasteiger partial charge in [-0.1, -0.05) is 6.42 Å². The van der Waals surface area contributed by atoms with Crippen LogP contribution in [-0.4, -0.2) is 56.5 Å². The summed E-state index contributed by atoms with van der Waals surface area (Å²) in [6.45, 7) is 3.50. The third-order valence-electron chi connectivity index (χ3n) is 5.64. The quantitative estimate of drug-likeness (QED) is 0.841. The lowest BCUT2D eigenvalue weighted by Crippen LogP contribution is -2.49. The topological polar surface area (TPSA) is 49.4 Å². The third-order valence-corrected chi connectivity index (χ3v) is 7.28. The lowest BCUT2D eigenvalue weighted by atomic mass is 9.91. The number of rotatable bonds is 5. The van der Waals surface area contributed by atoms with Crippen molar-refractivity contribution in [3.8, 4) is 0 Å². The highest BCUT2D eigenvalue weighted by Crippen LogP contribution is 2.30. The van der Waals surface area contributed by atoms with Gasteiger partial charge in [-0.05, 0) is 70.5 Å². The Labute approximate surface area is 129 Å². The van der Waals surface area contributed by atoms with E-state index in [4.69, 9.17) is 0 Å². The van der Waals surface area contributed by atoms with Gasteiger partial charge in [0.25, 0.3) is 0 Å². The molecule has 0 spiro atoms. The van der Waals surface area contributed by atoms with Crippen LogP contribution >= 0.6 is 0 Å². The molecule has 1 heterocycles. The summed E-state index contributed by atoms with van der Waals surface area (Å²) >= 11 is 0. The monoisotopic (exact) mass is 314 g/mol. The molecule has 122 valence electrons. The molecule has 3 fully saturated rings. The minimum atomic E-state index is -2.86. The van der Waals surface area contributed by atoms with Crippen LogP contribution in [0.15, 0.2) is 0 Å². The van der Waals surface area contributed by atoms with Crippen LogP contribution in [0.4, 0.5) is 0 Å². The molecule has 2 unspecified atom stereocenters. The van der Waals surface area contributed by atoms with Gasteiger partial charge in [0.05, 0.1) is 5.25 Å². The Balaban J connectivity index is 1.44. The summed E-state index contributed by atoms with van der Waals surface area (Å²) < 4.78 is 23.6. The van der Waals surface area contributed by atoms with Crippen molar-refractivity contribution < 1.29 is 8.42 Å². The molecule has 2 saturated carbocycles. The third kappa shape index (κ3) is 4.42. The highest BCUT2D eigenvalue weighted by atomic mass is 32.2. The number of hydrogen-bond acceptors (Lipinski definition) is 4. The van der Waals surface area contributed by atoms with E-state index in [1.807, 2.05) is 0 Å². The van der Waals surface area contributed by atoms with Gasteiger partial charge in [0.2, 0.25) is 0 Å². The molecular formula is C16H30N2O2S. The lowest BCUT2D eigenvalue weighted by molar-refractivity contribution is 0.116. The van der Waals surface area contributed by atoms with Gasteiger partial charge >= 0.3 is 0 Å². The fourth-order valence-electron chi connectivity index (χ4n) is 3.96. The van der Waals surface area contributed by atoms with Crippen molar-refractivity contribution in [2.24, 2.45) is 5.92 Å². The van der Waals surface area contributed by atoms with E-state index in [1.54, 1.807) is 0 Å². The highest BCUT2D eigenvalue weighted by molar-refractivity contribution is 7.91. The largest absolute Gasteiger partial charge is 0.314 e. The maximum absolute atomic E-state index is 11.8. The summed E-state index contributed by atoms with van der Waals surface area (Å²) in [5.41, 5.74) is 0. The summed E-state index contributed by atoms with van der Waals surface area (Å²) in [7, 11) is -2.86. The second-order valence-corrected chi connectivity index (χ2v) is 9.76. The van der Waals surface area contributed by atoms with E-state index < -0.39 is 9.84 Å². The molecule has 1 saturated heterocycles. The number of piperidine rings is 1. The maximum atomic E-state index is 11.8. The fraction of sp³-hybridized carbons (Fsp3) is 1.00. The van der Waals surface area contributed by atoms with E-state index in [0.717, 1.165) is 38.3 Å². The predicted molar refractivity (Wildman–Crippen MR) is 86.2 cm³/mol. The Morgan fingerprint density at radius 2 is 1.76 bits per heavy atom. The molecule has 0 radical (unpaired) electrons. The van der Waals surface area contributed by atoms with Crippen LogP contribution in [0.3, 0.4) is 0 Å². The summed E-state index contributed by atoms with van der Waals surface area (Å²) in [5, 5.41) is 3.62. The Morgan fingerprint density at radius 1 is 1.05 bits per heavy atom. The Kier molecular flexibility index (Phi) is 4.91. The van der Waals surface area contributed by atoms with E-state index in [-0.39, 0.29) is 5.25 Å². The van der Waals surface area contributed by atoms with Gasteiger partial charge in [0.1, 0.15) is 9.84 Å². The van der Waals surface area contributed by atoms with Gasteiger partial charge in [-0.25, -0.2) is 8.42 Å². The summed E-state index contributed by atoms with van der Waals surface area (Å²) in [6, 6.07) is 1.19. The van der Waals surface area contributed by atoms with Crippen molar-refractivity contribution in [3.63, 3.8) is 0 Å². The van der Waals surface area contributed by atoms with Crippen molar-refractivity contribution in [1.82, 2.24) is 10.2 Å². The zero-order valence-electron chi connectivity index (χ0n) is 13.3. The first kappa shape index (κ1) is 15.8. The molecule has 0 aromatic heterocycles. The van der Waals surface area contributed by atoms with Crippen molar-refractivity contribution >= 4 is 9.84 Å². The second-order valence-electron chi connectivity index (χ2n) is 7.43. The van der Waals surface area contributed by atoms with Crippen molar-refractivity contribution in [2.45, 2.75) is 68.7 Å². The summed E-state index contributed by atoms with van der Waals surface area (Å²) in [4.78, 5) is 2.56.